The van der Waals surface area contributed by atoms with Gasteiger partial charge >= 0.3 is 0 Å². The van der Waals surface area contributed by atoms with Crippen molar-refractivity contribution < 1.29 is 4.79 Å². The number of hydrazone groups is 1. The highest BCUT2D eigenvalue weighted by molar-refractivity contribution is 6.34. The summed E-state index contributed by atoms with van der Waals surface area (Å²) in [5, 5.41) is 4.72. The Labute approximate surface area is 160 Å². The zero-order chi connectivity index (χ0) is 18.2. The molecule has 138 valence electrons. The molecule has 0 saturated carbocycles. The molecule has 0 atom stereocenters. The number of hydrogen-bond acceptors (Lipinski definition) is 4. The second-order valence-corrected chi connectivity index (χ2v) is 7.03. The first-order chi connectivity index (χ1) is 12.7. The van der Waals surface area contributed by atoms with Crippen molar-refractivity contribution in [3.05, 3.63) is 58.7 Å². The van der Waals surface area contributed by atoms with Crippen molar-refractivity contribution in [1.82, 2.24) is 15.2 Å². The van der Waals surface area contributed by atoms with Gasteiger partial charge in [0.2, 0.25) is 0 Å². The Kier molecular flexibility index (Phi) is 7.00. The smallest absolute Gasteiger partial charge is 0.254 e. The van der Waals surface area contributed by atoms with E-state index in [1.165, 1.54) is 5.56 Å². The minimum atomic E-state index is -0.0886. The summed E-state index contributed by atoms with van der Waals surface area (Å²) in [5.74, 6) is -0.0886. The lowest BCUT2D eigenvalue weighted by molar-refractivity contribution is -0.122. The minimum Gasteiger partial charge on any atom is -0.297 e. The summed E-state index contributed by atoms with van der Waals surface area (Å²) in [4.78, 5) is 16.6. The number of nitrogens with one attached hydrogen (secondary N) is 1. The van der Waals surface area contributed by atoms with Gasteiger partial charge in [-0.3, -0.25) is 14.6 Å². The topological polar surface area (TPSA) is 47.9 Å². The van der Waals surface area contributed by atoms with Crippen molar-refractivity contribution in [2.75, 3.05) is 32.7 Å². The van der Waals surface area contributed by atoms with Gasteiger partial charge in [0.15, 0.2) is 0 Å². The van der Waals surface area contributed by atoms with Gasteiger partial charge < -0.3 is 0 Å². The summed E-state index contributed by atoms with van der Waals surface area (Å²) in [6.45, 7) is 5.07. The molecule has 0 unspecified atom stereocenters. The van der Waals surface area contributed by atoms with E-state index in [1.807, 2.05) is 18.2 Å². The summed E-state index contributed by atoms with van der Waals surface area (Å²) >= 11 is 6.10. The summed E-state index contributed by atoms with van der Waals surface area (Å²) in [5.41, 5.74) is 4.80. The lowest BCUT2D eigenvalue weighted by Crippen LogP contribution is -2.48. The summed E-state index contributed by atoms with van der Waals surface area (Å²) in [6.07, 6.45) is 7.54. The van der Waals surface area contributed by atoms with E-state index in [0.29, 0.717) is 11.6 Å². The largest absolute Gasteiger partial charge is 0.297 e. The number of nitrogens with zero attached hydrogens (tertiary/aromatic N) is 3. The van der Waals surface area contributed by atoms with Crippen LogP contribution in [0.25, 0.3) is 0 Å². The predicted molar refractivity (Wildman–Crippen MR) is 106 cm³/mol. The molecule has 2 aliphatic rings. The number of carbonyl (C=O) groups excluding carboxylic acids is 1. The molecule has 0 bridgehead atoms. The van der Waals surface area contributed by atoms with Crippen LogP contribution >= 0.6 is 11.6 Å². The van der Waals surface area contributed by atoms with E-state index >= 15 is 0 Å². The van der Waals surface area contributed by atoms with Crippen LogP contribution in [0.2, 0.25) is 0 Å². The fourth-order valence-electron chi connectivity index (χ4n) is 3.14. The van der Waals surface area contributed by atoms with Crippen molar-refractivity contribution in [2.45, 2.75) is 19.4 Å². The van der Waals surface area contributed by atoms with Gasteiger partial charge in [0, 0.05) is 43.3 Å². The molecule has 1 heterocycles. The van der Waals surface area contributed by atoms with Crippen molar-refractivity contribution in [1.29, 1.82) is 0 Å². The summed E-state index contributed by atoms with van der Waals surface area (Å²) < 4.78 is 0. The van der Waals surface area contributed by atoms with Crippen molar-refractivity contribution >= 4 is 23.7 Å². The second kappa shape index (κ2) is 9.67. The molecule has 0 radical (unpaired) electrons. The number of rotatable bonds is 6. The lowest BCUT2D eigenvalue weighted by Gasteiger charge is -2.34. The lowest BCUT2D eigenvalue weighted by atomic mass is 10.1. The van der Waals surface area contributed by atoms with Crippen LogP contribution in [0.15, 0.2) is 58.2 Å². The van der Waals surface area contributed by atoms with E-state index in [1.54, 1.807) is 6.21 Å². The van der Waals surface area contributed by atoms with E-state index in [9.17, 15) is 4.79 Å². The normalized spacial score (nSPS) is 19.3. The number of benzene rings is 1. The van der Waals surface area contributed by atoms with Gasteiger partial charge in [-0.2, -0.15) is 5.10 Å². The highest BCUT2D eigenvalue weighted by atomic mass is 35.5. The predicted octanol–water partition coefficient (Wildman–Crippen LogP) is 2.75. The molecule has 1 aliphatic heterocycles. The van der Waals surface area contributed by atoms with E-state index < -0.39 is 0 Å². The highest BCUT2D eigenvalue weighted by Crippen LogP contribution is 2.20. The third-order valence-electron chi connectivity index (χ3n) is 4.60. The maximum Gasteiger partial charge on any atom is 0.254 e. The van der Waals surface area contributed by atoms with Gasteiger partial charge in [-0.05, 0) is 18.4 Å². The fraction of sp³-hybridized carbons (Fsp3) is 0.400. The molecule has 3 rings (SSSR count). The Balaban J connectivity index is 1.37. The van der Waals surface area contributed by atoms with Crippen LogP contribution in [-0.2, 0) is 11.3 Å². The Morgan fingerprint density at radius 2 is 1.77 bits per heavy atom. The minimum absolute atomic E-state index is 0.0886. The molecule has 5 nitrogen and oxygen atoms in total. The van der Waals surface area contributed by atoms with Gasteiger partial charge in [0.25, 0.3) is 5.91 Å². The number of hydrogen-bond donors (Lipinski definition) is 1. The maximum absolute atomic E-state index is 12.1. The van der Waals surface area contributed by atoms with Crippen molar-refractivity contribution in [3.63, 3.8) is 0 Å². The number of halogens is 1. The van der Waals surface area contributed by atoms with Gasteiger partial charge in [-0.15, -0.1) is 0 Å². The average molecular weight is 373 g/mol. The quantitative estimate of drug-likeness (QED) is 0.617. The van der Waals surface area contributed by atoms with Crippen LogP contribution in [0.1, 0.15) is 18.4 Å². The van der Waals surface area contributed by atoms with Crippen molar-refractivity contribution in [2.24, 2.45) is 5.10 Å². The number of allylic oxidation sites excluding steroid dienone is 4. The zero-order valence-electron chi connectivity index (χ0n) is 14.9. The van der Waals surface area contributed by atoms with E-state index in [4.69, 9.17) is 11.6 Å². The van der Waals surface area contributed by atoms with Crippen LogP contribution in [0.4, 0.5) is 0 Å². The Bertz CT molecular complexity index is 691. The van der Waals surface area contributed by atoms with Crippen LogP contribution in [0.5, 0.6) is 0 Å². The molecular formula is C20H25ClN4O. The molecular weight excluding hydrogens is 348 g/mol. The van der Waals surface area contributed by atoms with Gasteiger partial charge in [-0.1, -0.05) is 54.1 Å². The number of piperazine rings is 1. The van der Waals surface area contributed by atoms with Crippen LogP contribution < -0.4 is 5.43 Å². The SMILES string of the molecule is O=C(CN1CCN(Cc2ccccc2)CC1)N/N=C/C1=CCCC=C1Cl. The molecule has 1 aromatic rings. The van der Waals surface area contributed by atoms with E-state index in [0.717, 1.165) is 51.1 Å². The molecule has 1 fully saturated rings. The molecule has 26 heavy (non-hydrogen) atoms. The first-order valence-corrected chi connectivity index (χ1v) is 9.45. The molecule has 1 amide bonds. The Hall–Kier alpha value is -1.95. The maximum atomic E-state index is 12.1. The van der Waals surface area contributed by atoms with Crippen LogP contribution in [0.3, 0.4) is 0 Å². The molecule has 0 aromatic heterocycles. The molecule has 6 heteroatoms. The summed E-state index contributed by atoms with van der Waals surface area (Å²) in [7, 11) is 0. The van der Waals surface area contributed by atoms with Gasteiger partial charge in [0.1, 0.15) is 0 Å². The zero-order valence-corrected chi connectivity index (χ0v) is 15.7. The third-order valence-corrected chi connectivity index (χ3v) is 4.98. The van der Waals surface area contributed by atoms with Gasteiger partial charge in [-0.25, -0.2) is 5.43 Å². The van der Waals surface area contributed by atoms with Crippen molar-refractivity contribution in [3.8, 4) is 0 Å². The molecule has 0 spiro atoms. The second-order valence-electron chi connectivity index (χ2n) is 6.62. The molecule has 1 aromatic carbocycles. The standard InChI is InChI=1S/C20H25ClN4O/c21-19-9-5-4-8-18(19)14-22-23-20(26)16-25-12-10-24(11-13-25)15-17-6-2-1-3-7-17/h1-3,6-9,14H,4-5,10-13,15-16H2,(H,23,26)/b22-14+. The van der Waals surface area contributed by atoms with Crippen LogP contribution in [-0.4, -0.2) is 54.6 Å². The van der Waals surface area contributed by atoms with E-state index in [-0.39, 0.29) is 5.91 Å². The molecule has 1 N–H and O–H groups in total. The molecule has 1 aliphatic carbocycles. The number of carbonyl (C=O) groups is 1. The van der Waals surface area contributed by atoms with Gasteiger partial charge in [0.05, 0.1) is 12.8 Å². The molecule has 1 saturated heterocycles. The monoisotopic (exact) mass is 372 g/mol. The van der Waals surface area contributed by atoms with E-state index in [2.05, 4.69) is 44.6 Å². The first-order valence-electron chi connectivity index (χ1n) is 9.07. The fourth-order valence-corrected chi connectivity index (χ4v) is 3.37. The summed E-state index contributed by atoms with van der Waals surface area (Å²) in [6, 6.07) is 10.5. The first kappa shape index (κ1) is 18.8. The van der Waals surface area contributed by atoms with Crippen LogP contribution in [0, 0.1) is 0 Å². The Morgan fingerprint density at radius 1 is 1.08 bits per heavy atom. The number of amides is 1. The third kappa shape index (κ3) is 5.80. The average Bonchev–Trinajstić information content (AvgIpc) is 2.66. The highest BCUT2D eigenvalue weighted by Gasteiger charge is 2.18. The Morgan fingerprint density at radius 3 is 2.50 bits per heavy atom.